The van der Waals surface area contributed by atoms with E-state index in [2.05, 4.69) is 6.92 Å². The van der Waals surface area contributed by atoms with Crippen LogP contribution in [-0.4, -0.2) is 122 Å². The molecule has 0 fully saturated rings. The van der Waals surface area contributed by atoms with E-state index in [1.807, 2.05) is 0 Å². The van der Waals surface area contributed by atoms with Gasteiger partial charge in [-0.3, -0.25) is 9.11 Å². The van der Waals surface area contributed by atoms with Gasteiger partial charge in [0.15, 0.2) is 0 Å². The first-order valence-electron chi connectivity index (χ1n) is 12.8. The Labute approximate surface area is 217 Å². The van der Waals surface area contributed by atoms with Crippen molar-refractivity contribution in [3.8, 4) is 0 Å². The number of hydrogen-bond acceptors (Lipinski definition) is 10. The predicted molar refractivity (Wildman–Crippen MR) is 135 cm³/mol. The molecule has 0 aromatic carbocycles. The van der Waals surface area contributed by atoms with Crippen molar-refractivity contribution in [2.45, 2.75) is 51.9 Å². The minimum Gasteiger partial charge on any atom is -0.394 e. The van der Waals surface area contributed by atoms with E-state index in [4.69, 9.17) is 55.8 Å². The second kappa shape index (κ2) is 32.6. The monoisotopic (exact) mass is 550 g/mol. The third-order valence-electron chi connectivity index (χ3n) is 4.36. The van der Waals surface area contributed by atoms with Gasteiger partial charge < -0.3 is 38.3 Å². The summed E-state index contributed by atoms with van der Waals surface area (Å²) in [6.45, 7) is 10.1. The summed E-state index contributed by atoms with van der Waals surface area (Å²) in [5.41, 5.74) is 0. The molecule has 0 saturated carbocycles. The highest BCUT2D eigenvalue weighted by molar-refractivity contribution is 7.79. The number of unbranched alkanes of at least 4 members (excludes halogenated alkanes) is 6. The molecule has 0 bridgehead atoms. The highest BCUT2D eigenvalue weighted by Crippen LogP contribution is 2.06. The van der Waals surface area contributed by atoms with Crippen LogP contribution in [0.5, 0.6) is 0 Å². The van der Waals surface area contributed by atoms with Crippen molar-refractivity contribution in [3.63, 3.8) is 0 Å². The summed E-state index contributed by atoms with van der Waals surface area (Å²) in [6, 6.07) is 0. The number of aliphatic hydroxyl groups excluding tert-OH is 1. The molecule has 0 atom stereocenters. The summed E-state index contributed by atoms with van der Waals surface area (Å²) in [4.78, 5) is 0. The van der Waals surface area contributed by atoms with Gasteiger partial charge >= 0.3 is 10.4 Å². The van der Waals surface area contributed by atoms with E-state index in [9.17, 15) is 0 Å². The molecule has 13 heteroatoms. The molecule has 36 heavy (non-hydrogen) atoms. The molecular formula is C23H50O12S. The van der Waals surface area contributed by atoms with Crippen LogP contribution >= 0.6 is 0 Å². The third-order valence-corrected chi connectivity index (χ3v) is 4.36. The van der Waals surface area contributed by atoms with Crippen molar-refractivity contribution in [2.24, 2.45) is 0 Å². The van der Waals surface area contributed by atoms with Crippen LogP contribution in [0.4, 0.5) is 0 Å². The van der Waals surface area contributed by atoms with Gasteiger partial charge in [-0.15, -0.1) is 0 Å². The summed E-state index contributed by atoms with van der Waals surface area (Å²) >= 11 is 0. The molecule has 0 heterocycles. The lowest BCUT2D eigenvalue weighted by molar-refractivity contribution is -0.0215. The van der Waals surface area contributed by atoms with Gasteiger partial charge in [-0.1, -0.05) is 45.4 Å². The SMILES string of the molecule is CCCCCCCCCOCCOCCOCCOCCOCCOCCOCCO.O=S(=O)(O)O. The minimum absolute atomic E-state index is 0.0385. The molecule has 0 amide bonds. The van der Waals surface area contributed by atoms with Crippen LogP contribution in [0.1, 0.15) is 51.9 Å². The Kier molecular flexibility index (Phi) is 34.1. The Hall–Kier alpha value is -0.450. The van der Waals surface area contributed by atoms with Crippen LogP contribution in [0.2, 0.25) is 0 Å². The molecule has 0 saturated heterocycles. The zero-order valence-electron chi connectivity index (χ0n) is 22.0. The molecule has 0 spiro atoms. The van der Waals surface area contributed by atoms with Crippen molar-refractivity contribution in [1.82, 2.24) is 0 Å². The fraction of sp³-hybridized carbons (Fsp3) is 1.00. The summed E-state index contributed by atoms with van der Waals surface area (Å²) in [5.74, 6) is 0. The van der Waals surface area contributed by atoms with E-state index in [0.717, 1.165) is 13.0 Å². The van der Waals surface area contributed by atoms with Gasteiger partial charge in [0, 0.05) is 6.61 Å². The van der Waals surface area contributed by atoms with Gasteiger partial charge in [0.05, 0.1) is 92.5 Å². The van der Waals surface area contributed by atoms with Gasteiger partial charge in [0.1, 0.15) is 0 Å². The lowest BCUT2D eigenvalue weighted by Gasteiger charge is -2.08. The normalized spacial score (nSPS) is 11.4. The third kappa shape index (κ3) is 46.8. The fourth-order valence-electron chi connectivity index (χ4n) is 2.65. The van der Waals surface area contributed by atoms with Crippen LogP contribution in [0, 0.1) is 0 Å². The van der Waals surface area contributed by atoms with E-state index in [1.165, 1.54) is 38.5 Å². The van der Waals surface area contributed by atoms with Crippen LogP contribution in [0.3, 0.4) is 0 Å². The average molecular weight is 551 g/mol. The zero-order chi connectivity index (χ0) is 27.0. The molecule has 0 aromatic rings. The minimum atomic E-state index is -4.67. The molecular weight excluding hydrogens is 500 g/mol. The van der Waals surface area contributed by atoms with E-state index in [-0.39, 0.29) is 6.61 Å². The van der Waals surface area contributed by atoms with Gasteiger partial charge in [-0.05, 0) is 6.42 Å². The number of ether oxygens (including phenoxy) is 7. The Bertz CT molecular complexity index is 457. The fourth-order valence-corrected chi connectivity index (χ4v) is 2.65. The molecule has 0 aliphatic carbocycles. The van der Waals surface area contributed by atoms with E-state index in [0.29, 0.717) is 85.9 Å². The molecule has 12 nitrogen and oxygen atoms in total. The first kappa shape index (κ1) is 37.7. The Morgan fingerprint density at radius 2 is 0.694 bits per heavy atom. The lowest BCUT2D eigenvalue weighted by Crippen LogP contribution is -2.14. The maximum atomic E-state index is 8.74. The van der Waals surface area contributed by atoms with E-state index >= 15 is 0 Å². The molecule has 0 unspecified atom stereocenters. The summed E-state index contributed by atoms with van der Waals surface area (Å²) < 4.78 is 69.3. The first-order chi connectivity index (χ1) is 17.4. The van der Waals surface area contributed by atoms with Gasteiger partial charge in [-0.2, -0.15) is 8.42 Å². The molecule has 0 radical (unpaired) electrons. The maximum Gasteiger partial charge on any atom is 0.394 e. The summed E-state index contributed by atoms with van der Waals surface area (Å²) in [6.07, 6.45) is 9.14. The quantitative estimate of drug-likeness (QED) is 0.0964. The summed E-state index contributed by atoms with van der Waals surface area (Å²) in [7, 11) is -4.67. The highest BCUT2D eigenvalue weighted by Gasteiger charge is 1.95. The van der Waals surface area contributed by atoms with Crippen molar-refractivity contribution in [2.75, 3.05) is 99.1 Å². The Morgan fingerprint density at radius 3 is 1.00 bits per heavy atom. The molecule has 0 aliphatic heterocycles. The second-order valence-corrected chi connectivity index (χ2v) is 8.48. The van der Waals surface area contributed by atoms with Gasteiger partial charge in [-0.25, -0.2) is 0 Å². The molecule has 3 N–H and O–H groups in total. The van der Waals surface area contributed by atoms with Crippen molar-refractivity contribution in [3.05, 3.63) is 0 Å². The van der Waals surface area contributed by atoms with Crippen LogP contribution < -0.4 is 0 Å². The molecule has 0 aliphatic rings. The van der Waals surface area contributed by atoms with Gasteiger partial charge in [0.2, 0.25) is 0 Å². The second-order valence-electron chi connectivity index (χ2n) is 7.58. The van der Waals surface area contributed by atoms with Crippen molar-refractivity contribution in [1.29, 1.82) is 0 Å². The first-order valence-corrected chi connectivity index (χ1v) is 14.2. The number of rotatable bonds is 28. The topological polar surface area (TPSA) is 159 Å². The standard InChI is InChI=1S/C23H48O8.H2O4S/c1-2-3-4-5-6-7-8-10-25-12-14-27-16-18-29-20-22-31-23-21-30-19-17-28-15-13-26-11-9-24;1-5(2,3)4/h24H,2-23H2,1H3;(H2,1,2,3,4). The molecule has 0 aromatic heterocycles. The maximum absolute atomic E-state index is 8.74. The van der Waals surface area contributed by atoms with E-state index < -0.39 is 10.4 Å². The van der Waals surface area contributed by atoms with Crippen molar-refractivity contribution >= 4 is 10.4 Å². The zero-order valence-corrected chi connectivity index (χ0v) is 22.8. The van der Waals surface area contributed by atoms with Crippen LogP contribution in [0.15, 0.2) is 0 Å². The molecule has 0 rings (SSSR count). The average Bonchev–Trinajstić information content (AvgIpc) is 2.82. The Balaban J connectivity index is 0. The van der Waals surface area contributed by atoms with Crippen LogP contribution in [0.25, 0.3) is 0 Å². The van der Waals surface area contributed by atoms with Crippen molar-refractivity contribution < 1.29 is 55.8 Å². The highest BCUT2D eigenvalue weighted by atomic mass is 32.3. The van der Waals surface area contributed by atoms with E-state index in [1.54, 1.807) is 0 Å². The number of aliphatic hydroxyl groups is 1. The smallest absolute Gasteiger partial charge is 0.394 e. The Morgan fingerprint density at radius 1 is 0.444 bits per heavy atom. The number of hydrogen-bond donors (Lipinski definition) is 3. The summed E-state index contributed by atoms with van der Waals surface area (Å²) in [5, 5.41) is 8.54. The van der Waals surface area contributed by atoms with Crippen LogP contribution in [-0.2, 0) is 43.6 Å². The largest absolute Gasteiger partial charge is 0.394 e. The lowest BCUT2D eigenvalue weighted by atomic mass is 10.1. The molecule has 220 valence electrons. The predicted octanol–water partition coefficient (Wildman–Crippen LogP) is 2.19. The van der Waals surface area contributed by atoms with Gasteiger partial charge in [0.25, 0.3) is 0 Å².